The second-order valence-corrected chi connectivity index (χ2v) is 9.46. The first-order valence-electron chi connectivity index (χ1n) is 4.91. The van der Waals surface area contributed by atoms with Crippen molar-refractivity contribution >= 4 is 13.4 Å². The number of nitrogens with zero attached hydrogens (tertiary/aromatic N) is 3. The van der Waals surface area contributed by atoms with Gasteiger partial charge in [0.25, 0.3) is 0 Å². The van der Waals surface area contributed by atoms with Crippen LogP contribution in [0.3, 0.4) is 0 Å². The van der Waals surface area contributed by atoms with Crippen molar-refractivity contribution in [1.82, 2.24) is 20.4 Å². The molecule has 0 saturated heterocycles. The Kier molecular flexibility index (Phi) is 2.40. The molecule has 0 saturated carbocycles. The Hall–Kier alpha value is -1.49. The standard InChI is InChI=1S/C10H14N4Si/c1-15(2,3)10-9(12-14-13-10)8-6-4-5-7-11-8/h4-7H,1-3H3,(H,12,13,14). The van der Waals surface area contributed by atoms with Crippen LogP contribution < -0.4 is 5.32 Å². The monoisotopic (exact) mass is 218 g/mol. The molecule has 2 aromatic heterocycles. The Balaban J connectivity index is 2.51. The minimum atomic E-state index is -1.45. The molecule has 5 heteroatoms. The number of hydrogen-bond donors (Lipinski definition) is 1. The van der Waals surface area contributed by atoms with Crippen molar-refractivity contribution in [3.63, 3.8) is 0 Å². The molecule has 0 radical (unpaired) electrons. The van der Waals surface area contributed by atoms with Gasteiger partial charge in [-0.2, -0.15) is 15.4 Å². The number of rotatable bonds is 2. The Morgan fingerprint density at radius 3 is 2.53 bits per heavy atom. The van der Waals surface area contributed by atoms with Crippen LogP contribution in [0.5, 0.6) is 0 Å². The molecule has 0 bridgehead atoms. The average Bonchev–Trinajstić information content (AvgIpc) is 2.67. The minimum Gasteiger partial charge on any atom is -0.254 e. The van der Waals surface area contributed by atoms with Gasteiger partial charge < -0.3 is 0 Å². The van der Waals surface area contributed by atoms with E-state index >= 15 is 0 Å². The Morgan fingerprint density at radius 1 is 1.13 bits per heavy atom. The molecule has 0 fully saturated rings. The lowest BCUT2D eigenvalue weighted by Gasteiger charge is -2.13. The highest BCUT2D eigenvalue weighted by atomic mass is 28.3. The molecule has 2 heterocycles. The van der Waals surface area contributed by atoms with Gasteiger partial charge in [-0.05, 0) is 12.1 Å². The zero-order valence-corrected chi connectivity index (χ0v) is 10.2. The van der Waals surface area contributed by atoms with Gasteiger partial charge in [0.1, 0.15) is 13.8 Å². The third kappa shape index (κ3) is 1.97. The molecule has 4 nitrogen and oxygen atoms in total. The number of H-pyrrole nitrogens is 1. The molecule has 0 amide bonds. The predicted molar refractivity (Wildman–Crippen MR) is 62.6 cm³/mol. The highest BCUT2D eigenvalue weighted by Crippen LogP contribution is 2.13. The largest absolute Gasteiger partial charge is 0.254 e. The molecule has 0 aliphatic rings. The van der Waals surface area contributed by atoms with Crippen LogP contribution in [-0.2, 0) is 0 Å². The van der Waals surface area contributed by atoms with Gasteiger partial charge >= 0.3 is 0 Å². The van der Waals surface area contributed by atoms with E-state index in [1.165, 1.54) is 0 Å². The molecule has 0 aliphatic carbocycles. The Labute approximate surface area is 89.8 Å². The molecule has 0 spiro atoms. The third-order valence-electron chi connectivity index (χ3n) is 2.17. The molecule has 0 aromatic carbocycles. The summed E-state index contributed by atoms with van der Waals surface area (Å²) in [4.78, 5) is 4.30. The normalized spacial score (nSPS) is 11.7. The zero-order chi connectivity index (χ0) is 10.9. The summed E-state index contributed by atoms with van der Waals surface area (Å²) >= 11 is 0. The molecule has 2 aromatic rings. The van der Waals surface area contributed by atoms with Crippen LogP contribution in [0.2, 0.25) is 19.6 Å². The summed E-state index contributed by atoms with van der Waals surface area (Å²) in [5.41, 5.74) is 1.79. The minimum absolute atomic E-state index is 0.892. The number of hydrogen-bond acceptors (Lipinski definition) is 3. The Bertz CT molecular complexity index is 444. The lowest BCUT2D eigenvalue weighted by molar-refractivity contribution is 0.946. The van der Waals surface area contributed by atoms with E-state index in [4.69, 9.17) is 0 Å². The van der Waals surface area contributed by atoms with Crippen LogP contribution >= 0.6 is 0 Å². The van der Waals surface area contributed by atoms with Gasteiger partial charge in [-0.1, -0.05) is 25.7 Å². The van der Waals surface area contributed by atoms with Gasteiger partial charge in [-0.3, -0.25) is 4.98 Å². The molecule has 0 unspecified atom stereocenters. The van der Waals surface area contributed by atoms with Gasteiger partial charge in [0.05, 0.1) is 11.0 Å². The highest BCUT2D eigenvalue weighted by Gasteiger charge is 2.25. The van der Waals surface area contributed by atoms with Crippen LogP contribution in [0.15, 0.2) is 24.4 Å². The number of pyridine rings is 1. The summed E-state index contributed by atoms with van der Waals surface area (Å²) in [5.74, 6) is 0. The maximum atomic E-state index is 4.30. The van der Waals surface area contributed by atoms with Crippen LogP contribution in [-0.4, -0.2) is 28.5 Å². The van der Waals surface area contributed by atoms with E-state index in [0.717, 1.165) is 16.7 Å². The lowest BCUT2D eigenvalue weighted by atomic mass is 10.3. The van der Waals surface area contributed by atoms with Crippen molar-refractivity contribution in [1.29, 1.82) is 0 Å². The summed E-state index contributed by atoms with van der Waals surface area (Å²) in [6.45, 7) is 6.74. The molecule has 78 valence electrons. The number of aromatic nitrogens is 4. The highest BCUT2D eigenvalue weighted by molar-refractivity contribution is 6.88. The smallest absolute Gasteiger partial charge is 0.129 e. The van der Waals surface area contributed by atoms with E-state index in [1.807, 2.05) is 18.2 Å². The van der Waals surface area contributed by atoms with Crippen LogP contribution in [0.4, 0.5) is 0 Å². The van der Waals surface area contributed by atoms with Gasteiger partial charge in [0.2, 0.25) is 0 Å². The van der Waals surface area contributed by atoms with Crippen LogP contribution in [0.1, 0.15) is 0 Å². The topological polar surface area (TPSA) is 54.5 Å². The van der Waals surface area contributed by atoms with Gasteiger partial charge in [-0.15, -0.1) is 0 Å². The summed E-state index contributed by atoms with van der Waals surface area (Å²) < 4.78 is 0. The van der Waals surface area contributed by atoms with Crippen molar-refractivity contribution in [2.45, 2.75) is 19.6 Å². The van der Waals surface area contributed by atoms with Crippen molar-refractivity contribution in [3.8, 4) is 11.4 Å². The van der Waals surface area contributed by atoms with Gasteiger partial charge in [-0.25, -0.2) is 0 Å². The first-order valence-corrected chi connectivity index (χ1v) is 8.41. The van der Waals surface area contributed by atoms with Crippen molar-refractivity contribution in [3.05, 3.63) is 24.4 Å². The molecular formula is C10H14N4Si. The SMILES string of the molecule is C[Si](C)(C)c1n[nH]nc1-c1ccccn1. The van der Waals surface area contributed by atoms with Crippen LogP contribution in [0.25, 0.3) is 11.4 Å². The molecule has 1 N–H and O–H groups in total. The maximum absolute atomic E-state index is 4.30. The van der Waals surface area contributed by atoms with E-state index in [0.29, 0.717) is 0 Å². The zero-order valence-electron chi connectivity index (χ0n) is 9.15. The van der Waals surface area contributed by atoms with E-state index in [9.17, 15) is 0 Å². The van der Waals surface area contributed by atoms with Crippen LogP contribution in [0, 0.1) is 0 Å². The van der Waals surface area contributed by atoms with E-state index in [2.05, 4.69) is 40.0 Å². The van der Waals surface area contributed by atoms with E-state index in [-0.39, 0.29) is 0 Å². The Morgan fingerprint density at radius 2 is 1.93 bits per heavy atom. The van der Waals surface area contributed by atoms with Gasteiger partial charge in [0.15, 0.2) is 0 Å². The molecule has 0 aliphatic heterocycles. The fourth-order valence-electron chi connectivity index (χ4n) is 1.44. The lowest BCUT2D eigenvalue weighted by Crippen LogP contribution is -2.40. The summed E-state index contributed by atoms with van der Waals surface area (Å²) in [7, 11) is -1.45. The maximum Gasteiger partial charge on any atom is 0.129 e. The fraction of sp³-hybridized carbons (Fsp3) is 0.300. The summed E-state index contributed by atoms with van der Waals surface area (Å²) in [6.07, 6.45) is 1.78. The van der Waals surface area contributed by atoms with E-state index < -0.39 is 8.07 Å². The quantitative estimate of drug-likeness (QED) is 0.775. The first-order chi connectivity index (χ1) is 7.09. The van der Waals surface area contributed by atoms with Gasteiger partial charge in [0, 0.05) is 6.20 Å². The average molecular weight is 218 g/mol. The van der Waals surface area contributed by atoms with Crippen molar-refractivity contribution in [2.24, 2.45) is 0 Å². The molecular weight excluding hydrogens is 204 g/mol. The summed E-state index contributed by atoms with van der Waals surface area (Å²) in [5, 5.41) is 12.2. The third-order valence-corrected chi connectivity index (χ3v) is 3.94. The second-order valence-electron chi connectivity index (χ2n) is 4.49. The number of nitrogens with one attached hydrogen (secondary N) is 1. The first kappa shape index (κ1) is 10.0. The fourth-order valence-corrected chi connectivity index (χ4v) is 2.72. The second kappa shape index (κ2) is 3.58. The summed E-state index contributed by atoms with van der Waals surface area (Å²) in [6, 6.07) is 5.82. The van der Waals surface area contributed by atoms with E-state index in [1.54, 1.807) is 6.20 Å². The van der Waals surface area contributed by atoms with Crippen molar-refractivity contribution in [2.75, 3.05) is 0 Å². The number of aromatic amines is 1. The molecule has 0 atom stereocenters. The molecule has 15 heavy (non-hydrogen) atoms. The van der Waals surface area contributed by atoms with Crippen molar-refractivity contribution < 1.29 is 0 Å². The predicted octanol–water partition coefficient (Wildman–Crippen LogP) is 1.41. The molecule has 2 rings (SSSR count).